The van der Waals surface area contributed by atoms with Crippen LogP contribution in [0.3, 0.4) is 0 Å². The molecule has 0 saturated heterocycles. The predicted octanol–water partition coefficient (Wildman–Crippen LogP) is 3.25. The number of rotatable bonds is 0. The van der Waals surface area contributed by atoms with Gasteiger partial charge in [-0.3, -0.25) is 0 Å². The highest BCUT2D eigenvalue weighted by atomic mass is 14.3. The summed E-state index contributed by atoms with van der Waals surface area (Å²) >= 11 is 0. The molecule has 0 saturated carbocycles. The highest BCUT2D eigenvalue weighted by molar-refractivity contribution is 5.41. The second-order valence-corrected chi connectivity index (χ2v) is 3.64. The lowest BCUT2D eigenvalue weighted by Crippen LogP contribution is -2.16. The third-order valence-electron chi connectivity index (χ3n) is 2.90. The van der Waals surface area contributed by atoms with Crippen molar-refractivity contribution < 1.29 is 0 Å². The van der Waals surface area contributed by atoms with Crippen molar-refractivity contribution in [3.63, 3.8) is 0 Å². The normalized spacial score (nSPS) is 32.5. The zero-order chi connectivity index (χ0) is 8.55. The van der Waals surface area contributed by atoms with Gasteiger partial charge in [0.1, 0.15) is 0 Å². The van der Waals surface area contributed by atoms with Crippen LogP contribution in [0.1, 0.15) is 13.8 Å². The lowest BCUT2D eigenvalue weighted by atomic mass is 9.77. The second kappa shape index (κ2) is 2.78. The van der Waals surface area contributed by atoms with Gasteiger partial charge >= 0.3 is 0 Å². The average Bonchev–Trinajstić information content (AvgIpc) is 2.12. The topological polar surface area (TPSA) is 0 Å². The maximum Gasteiger partial charge on any atom is 0.00839 e. The first-order valence-corrected chi connectivity index (χ1v) is 4.52. The molecule has 0 radical (unpaired) electrons. The van der Waals surface area contributed by atoms with E-state index in [4.69, 9.17) is 0 Å². The SMILES string of the molecule is CC1=CC=C2C=CC=CC2C1C. The summed E-state index contributed by atoms with van der Waals surface area (Å²) in [5.74, 6) is 1.30. The molecule has 0 bridgehead atoms. The highest BCUT2D eigenvalue weighted by Crippen LogP contribution is 2.34. The maximum absolute atomic E-state index is 2.30. The molecule has 2 aliphatic rings. The molecule has 62 valence electrons. The van der Waals surface area contributed by atoms with Crippen molar-refractivity contribution in [2.75, 3.05) is 0 Å². The third kappa shape index (κ3) is 1.08. The molecule has 0 aromatic carbocycles. The van der Waals surface area contributed by atoms with Crippen LogP contribution in [-0.2, 0) is 0 Å². The van der Waals surface area contributed by atoms with Gasteiger partial charge in [-0.15, -0.1) is 0 Å². The van der Waals surface area contributed by atoms with Gasteiger partial charge in [-0.2, -0.15) is 0 Å². The zero-order valence-corrected chi connectivity index (χ0v) is 7.62. The molecule has 12 heavy (non-hydrogen) atoms. The van der Waals surface area contributed by atoms with E-state index in [2.05, 4.69) is 50.3 Å². The minimum atomic E-state index is 0.625. The first-order chi connectivity index (χ1) is 5.79. The molecule has 0 spiro atoms. The molecule has 0 heterocycles. The van der Waals surface area contributed by atoms with Crippen molar-refractivity contribution in [2.24, 2.45) is 11.8 Å². The molecular formula is C12H14. The van der Waals surface area contributed by atoms with Crippen LogP contribution in [0, 0.1) is 11.8 Å². The predicted molar refractivity (Wildman–Crippen MR) is 52.8 cm³/mol. The van der Waals surface area contributed by atoms with E-state index in [1.165, 1.54) is 11.1 Å². The lowest BCUT2D eigenvalue weighted by molar-refractivity contribution is 0.550. The Morgan fingerprint density at radius 2 is 2.00 bits per heavy atom. The van der Waals surface area contributed by atoms with Crippen LogP contribution < -0.4 is 0 Å². The number of hydrogen-bond acceptors (Lipinski definition) is 0. The van der Waals surface area contributed by atoms with E-state index in [0.717, 1.165) is 0 Å². The maximum atomic E-state index is 2.30. The van der Waals surface area contributed by atoms with Crippen LogP contribution in [0.4, 0.5) is 0 Å². The van der Waals surface area contributed by atoms with E-state index in [-0.39, 0.29) is 0 Å². The van der Waals surface area contributed by atoms with Crippen LogP contribution in [0.15, 0.2) is 47.6 Å². The van der Waals surface area contributed by atoms with E-state index < -0.39 is 0 Å². The summed E-state index contributed by atoms with van der Waals surface area (Å²) in [5, 5.41) is 0. The smallest absolute Gasteiger partial charge is 0.00839 e. The van der Waals surface area contributed by atoms with Crippen LogP contribution >= 0.6 is 0 Å². The Morgan fingerprint density at radius 3 is 2.83 bits per heavy atom. The minimum Gasteiger partial charge on any atom is -0.0764 e. The summed E-state index contributed by atoms with van der Waals surface area (Å²) in [6.45, 7) is 4.51. The quantitative estimate of drug-likeness (QED) is 0.507. The fourth-order valence-electron chi connectivity index (χ4n) is 1.86. The Balaban J connectivity index is 2.39. The molecule has 0 aromatic heterocycles. The van der Waals surface area contributed by atoms with Crippen molar-refractivity contribution in [2.45, 2.75) is 13.8 Å². The van der Waals surface area contributed by atoms with Crippen LogP contribution in [0.2, 0.25) is 0 Å². The Hall–Kier alpha value is -1.04. The summed E-state index contributed by atoms with van der Waals surface area (Å²) in [6, 6.07) is 0. The molecule has 2 aliphatic carbocycles. The van der Waals surface area contributed by atoms with E-state index in [9.17, 15) is 0 Å². The van der Waals surface area contributed by atoms with E-state index in [0.29, 0.717) is 11.8 Å². The number of allylic oxidation sites excluding steroid dienone is 8. The van der Waals surface area contributed by atoms with Gasteiger partial charge in [-0.1, -0.05) is 49.0 Å². The molecular weight excluding hydrogens is 144 g/mol. The highest BCUT2D eigenvalue weighted by Gasteiger charge is 2.22. The summed E-state index contributed by atoms with van der Waals surface area (Å²) < 4.78 is 0. The molecule has 2 unspecified atom stereocenters. The van der Waals surface area contributed by atoms with Crippen molar-refractivity contribution in [1.82, 2.24) is 0 Å². The van der Waals surface area contributed by atoms with Gasteiger partial charge < -0.3 is 0 Å². The molecule has 0 heteroatoms. The largest absolute Gasteiger partial charge is 0.0764 e. The average molecular weight is 158 g/mol. The Morgan fingerprint density at radius 1 is 1.17 bits per heavy atom. The first-order valence-electron chi connectivity index (χ1n) is 4.52. The summed E-state index contributed by atoms with van der Waals surface area (Å²) in [5.41, 5.74) is 2.94. The van der Waals surface area contributed by atoms with Crippen LogP contribution in [0.25, 0.3) is 0 Å². The van der Waals surface area contributed by atoms with Crippen molar-refractivity contribution in [1.29, 1.82) is 0 Å². The van der Waals surface area contributed by atoms with Gasteiger partial charge in [0.05, 0.1) is 0 Å². The van der Waals surface area contributed by atoms with Crippen molar-refractivity contribution in [3.8, 4) is 0 Å². The van der Waals surface area contributed by atoms with Gasteiger partial charge in [0, 0.05) is 5.92 Å². The molecule has 2 rings (SSSR count). The van der Waals surface area contributed by atoms with Gasteiger partial charge in [-0.25, -0.2) is 0 Å². The monoisotopic (exact) mass is 158 g/mol. The Kier molecular flexibility index (Phi) is 1.76. The van der Waals surface area contributed by atoms with Gasteiger partial charge in [0.2, 0.25) is 0 Å². The summed E-state index contributed by atoms with van der Waals surface area (Å²) in [6.07, 6.45) is 13.2. The van der Waals surface area contributed by atoms with E-state index in [1.807, 2.05) is 0 Å². The number of hydrogen-bond donors (Lipinski definition) is 0. The fraction of sp³-hybridized carbons (Fsp3) is 0.333. The van der Waals surface area contributed by atoms with Crippen molar-refractivity contribution >= 4 is 0 Å². The van der Waals surface area contributed by atoms with Gasteiger partial charge in [0.25, 0.3) is 0 Å². The molecule has 0 aromatic rings. The lowest BCUT2D eigenvalue weighted by Gasteiger charge is -2.27. The summed E-state index contributed by atoms with van der Waals surface area (Å²) in [4.78, 5) is 0. The summed E-state index contributed by atoms with van der Waals surface area (Å²) in [7, 11) is 0. The molecule has 0 N–H and O–H groups in total. The fourth-order valence-corrected chi connectivity index (χ4v) is 1.86. The van der Waals surface area contributed by atoms with E-state index in [1.54, 1.807) is 0 Å². The Labute approximate surface area is 74.0 Å². The number of fused-ring (bicyclic) bond motifs is 1. The van der Waals surface area contributed by atoms with Crippen LogP contribution in [0.5, 0.6) is 0 Å². The Bertz CT molecular complexity index is 300. The minimum absolute atomic E-state index is 0.625. The van der Waals surface area contributed by atoms with Crippen LogP contribution in [-0.4, -0.2) is 0 Å². The molecule has 0 fully saturated rings. The van der Waals surface area contributed by atoms with E-state index >= 15 is 0 Å². The zero-order valence-electron chi connectivity index (χ0n) is 7.62. The molecule has 0 amide bonds. The van der Waals surface area contributed by atoms with Gasteiger partial charge in [-0.05, 0) is 18.4 Å². The second-order valence-electron chi connectivity index (χ2n) is 3.64. The third-order valence-corrected chi connectivity index (χ3v) is 2.90. The molecule has 0 nitrogen and oxygen atoms in total. The standard InChI is InChI=1S/C12H14/c1-9-7-8-11-5-3-4-6-12(11)10(9)2/h3-8,10,12H,1-2H3. The first kappa shape index (κ1) is 7.60. The molecule has 0 aliphatic heterocycles. The molecule has 2 atom stereocenters. The van der Waals surface area contributed by atoms with Crippen molar-refractivity contribution in [3.05, 3.63) is 47.6 Å². The van der Waals surface area contributed by atoms with Gasteiger partial charge in [0.15, 0.2) is 0 Å².